The molecular formula is C15H16OS. The Morgan fingerprint density at radius 3 is 2.41 bits per heavy atom. The van der Waals surface area contributed by atoms with Gasteiger partial charge in [0.1, 0.15) is 5.75 Å². The third kappa shape index (κ3) is 2.83. The van der Waals surface area contributed by atoms with E-state index in [2.05, 4.69) is 56.3 Å². The van der Waals surface area contributed by atoms with Crippen LogP contribution in [0, 0.1) is 13.8 Å². The molecular weight excluding hydrogens is 228 g/mol. The quantitative estimate of drug-likeness (QED) is 0.788. The Bertz CT molecular complexity index is 520. The van der Waals surface area contributed by atoms with E-state index in [4.69, 9.17) is 4.74 Å². The van der Waals surface area contributed by atoms with Crippen molar-refractivity contribution in [3.63, 3.8) is 0 Å². The van der Waals surface area contributed by atoms with Crippen LogP contribution in [-0.4, -0.2) is 7.11 Å². The summed E-state index contributed by atoms with van der Waals surface area (Å²) in [4.78, 5) is 2.50. The lowest BCUT2D eigenvalue weighted by atomic mass is 10.2. The molecule has 0 fully saturated rings. The molecule has 88 valence electrons. The number of rotatable bonds is 3. The van der Waals surface area contributed by atoms with E-state index in [1.807, 2.05) is 0 Å². The number of ether oxygens (including phenoxy) is 1. The van der Waals surface area contributed by atoms with Gasteiger partial charge in [0.05, 0.1) is 7.11 Å². The molecule has 0 aromatic heterocycles. The predicted molar refractivity (Wildman–Crippen MR) is 73.0 cm³/mol. The van der Waals surface area contributed by atoms with Crippen LogP contribution < -0.4 is 4.74 Å². The first-order valence-electron chi connectivity index (χ1n) is 5.59. The molecule has 0 spiro atoms. The van der Waals surface area contributed by atoms with E-state index in [0.717, 1.165) is 5.75 Å². The van der Waals surface area contributed by atoms with Crippen LogP contribution in [0.5, 0.6) is 5.75 Å². The van der Waals surface area contributed by atoms with Gasteiger partial charge in [0.25, 0.3) is 0 Å². The molecule has 0 saturated carbocycles. The van der Waals surface area contributed by atoms with Gasteiger partial charge in [-0.3, -0.25) is 0 Å². The second kappa shape index (κ2) is 5.28. The van der Waals surface area contributed by atoms with Gasteiger partial charge < -0.3 is 4.74 Å². The van der Waals surface area contributed by atoms with Crippen LogP contribution in [0.4, 0.5) is 0 Å². The SMILES string of the molecule is COc1cc(Sc2ccccc2C)ccc1C. The van der Waals surface area contributed by atoms with Crippen LogP contribution in [0.3, 0.4) is 0 Å². The zero-order valence-corrected chi connectivity index (χ0v) is 11.2. The van der Waals surface area contributed by atoms with Crippen LogP contribution >= 0.6 is 11.8 Å². The van der Waals surface area contributed by atoms with Gasteiger partial charge in [-0.2, -0.15) is 0 Å². The summed E-state index contributed by atoms with van der Waals surface area (Å²) in [5.41, 5.74) is 2.47. The van der Waals surface area contributed by atoms with Crippen molar-refractivity contribution < 1.29 is 4.74 Å². The molecule has 0 amide bonds. The molecule has 2 rings (SSSR count). The van der Waals surface area contributed by atoms with Gasteiger partial charge in [-0.05, 0) is 43.2 Å². The molecule has 0 radical (unpaired) electrons. The second-order valence-electron chi connectivity index (χ2n) is 4.00. The van der Waals surface area contributed by atoms with Gasteiger partial charge in [-0.25, -0.2) is 0 Å². The van der Waals surface area contributed by atoms with E-state index in [-0.39, 0.29) is 0 Å². The summed E-state index contributed by atoms with van der Waals surface area (Å²) < 4.78 is 5.34. The van der Waals surface area contributed by atoms with E-state index >= 15 is 0 Å². The van der Waals surface area contributed by atoms with Crippen molar-refractivity contribution in [1.82, 2.24) is 0 Å². The fourth-order valence-electron chi connectivity index (χ4n) is 1.66. The standard InChI is InChI=1S/C15H16OS/c1-11-8-9-13(10-14(11)16-3)17-15-7-5-4-6-12(15)2/h4-10H,1-3H3. The highest BCUT2D eigenvalue weighted by atomic mass is 32.2. The molecule has 2 aromatic rings. The molecule has 0 atom stereocenters. The zero-order chi connectivity index (χ0) is 12.3. The largest absolute Gasteiger partial charge is 0.496 e. The molecule has 1 nitrogen and oxygen atoms in total. The third-order valence-electron chi connectivity index (χ3n) is 2.70. The van der Waals surface area contributed by atoms with Gasteiger partial charge in [0, 0.05) is 9.79 Å². The number of methoxy groups -OCH3 is 1. The minimum Gasteiger partial charge on any atom is -0.496 e. The smallest absolute Gasteiger partial charge is 0.122 e. The summed E-state index contributed by atoms with van der Waals surface area (Å²) in [6.07, 6.45) is 0. The maximum absolute atomic E-state index is 5.34. The molecule has 0 aliphatic heterocycles. The first kappa shape index (κ1) is 12.1. The van der Waals surface area contributed by atoms with E-state index in [9.17, 15) is 0 Å². The Kier molecular flexibility index (Phi) is 3.75. The summed E-state index contributed by atoms with van der Waals surface area (Å²) in [5.74, 6) is 0.948. The third-order valence-corrected chi connectivity index (χ3v) is 3.87. The Labute approximate surface area is 107 Å². The Balaban J connectivity index is 2.28. The summed E-state index contributed by atoms with van der Waals surface area (Å²) in [6.45, 7) is 4.19. The first-order chi connectivity index (χ1) is 8.20. The van der Waals surface area contributed by atoms with Crippen molar-refractivity contribution >= 4 is 11.8 Å². The summed E-state index contributed by atoms with van der Waals surface area (Å²) >= 11 is 1.77. The van der Waals surface area contributed by atoms with Crippen LogP contribution in [0.15, 0.2) is 52.3 Å². The summed E-state index contributed by atoms with van der Waals surface area (Å²) in [7, 11) is 1.71. The average molecular weight is 244 g/mol. The average Bonchev–Trinajstić information content (AvgIpc) is 2.34. The Morgan fingerprint density at radius 1 is 0.941 bits per heavy atom. The lowest BCUT2D eigenvalue weighted by Crippen LogP contribution is -1.87. The normalized spacial score (nSPS) is 10.3. The Morgan fingerprint density at radius 2 is 1.71 bits per heavy atom. The highest BCUT2D eigenvalue weighted by molar-refractivity contribution is 7.99. The van der Waals surface area contributed by atoms with Crippen LogP contribution in [-0.2, 0) is 0 Å². The van der Waals surface area contributed by atoms with Gasteiger partial charge in [0.15, 0.2) is 0 Å². The lowest BCUT2D eigenvalue weighted by molar-refractivity contribution is 0.410. The molecule has 2 aromatic carbocycles. The minimum atomic E-state index is 0.948. The Hall–Kier alpha value is -1.41. The van der Waals surface area contributed by atoms with Gasteiger partial charge >= 0.3 is 0 Å². The van der Waals surface area contributed by atoms with Gasteiger partial charge in [-0.1, -0.05) is 36.0 Å². The highest BCUT2D eigenvalue weighted by Gasteiger charge is 2.03. The van der Waals surface area contributed by atoms with Crippen LogP contribution in [0.2, 0.25) is 0 Å². The van der Waals surface area contributed by atoms with E-state index < -0.39 is 0 Å². The molecule has 0 saturated heterocycles. The van der Waals surface area contributed by atoms with Crippen molar-refractivity contribution in [2.24, 2.45) is 0 Å². The van der Waals surface area contributed by atoms with Gasteiger partial charge in [0.2, 0.25) is 0 Å². The van der Waals surface area contributed by atoms with E-state index in [0.29, 0.717) is 0 Å². The molecule has 0 heterocycles. The maximum atomic E-state index is 5.34. The molecule has 17 heavy (non-hydrogen) atoms. The van der Waals surface area contributed by atoms with Crippen molar-refractivity contribution in [2.45, 2.75) is 23.6 Å². The lowest BCUT2D eigenvalue weighted by Gasteiger charge is -2.08. The van der Waals surface area contributed by atoms with Crippen LogP contribution in [0.25, 0.3) is 0 Å². The second-order valence-corrected chi connectivity index (χ2v) is 5.11. The first-order valence-corrected chi connectivity index (χ1v) is 6.40. The van der Waals surface area contributed by atoms with Crippen molar-refractivity contribution in [2.75, 3.05) is 7.11 Å². The van der Waals surface area contributed by atoms with Gasteiger partial charge in [-0.15, -0.1) is 0 Å². The molecule has 2 heteroatoms. The number of hydrogen-bond donors (Lipinski definition) is 0. The molecule has 0 bridgehead atoms. The number of hydrogen-bond acceptors (Lipinski definition) is 2. The van der Waals surface area contributed by atoms with Crippen LogP contribution in [0.1, 0.15) is 11.1 Å². The van der Waals surface area contributed by atoms with E-state index in [1.165, 1.54) is 20.9 Å². The molecule has 0 unspecified atom stereocenters. The molecule has 0 N–H and O–H groups in total. The van der Waals surface area contributed by atoms with E-state index in [1.54, 1.807) is 18.9 Å². The minimum absolute atomic E-state index is 0.948. The maximum Gasteiger partial charge on any atom is 0.122 e. The number of aryl methyl sites for hydroxylation is 2. The fourth-order valence-corrected chi connectivity index (χ4v) is 2.59. The summed E-state index contributed by atoms with van der Waals surface area (Å²) in [5, 5.41) is 0. The fraction of sp³-hybridized carbons (Fsp3) is 0.200. The molecule has 0 aliphatic rings. The predicted octanol–water partition coefficient (Wildman–Crippen LogP) is 4.46. The highest BCUT2D eigenvalue weighted by Crippen LogP contribution is 2.33. The van der Waals surface area contributed by atoms with Crippen molar-refractivity contribution in [3.8, 4) is 5.75 Å². The number of benzene rings is 2. The van der Waals surface area contributed by atoms with Crippen molar-refractivity contribution in [1.29, 1.82) is 0 Å². The zero-order valence-electron chi connectivity index (χ0n) is 10.4. The monoisotopic (exact) mass is 244 g/mol. The topological polar surface area (TPSA) is 9.23 Å². The summed E-state index contributed by atoms with van der Waals surface area (Å²) in [6, 6.07) is 14.7. The van der Waals surface area contributed by atoms with Crippen molar-refractivity contribution in [3.05, 3.63) is 53.6 Å². The molecule has 0 aliphatic carbocycles.